The molecule has 0 bridgehead atoms. The topological polar surface area (TPSA) is 132 Å². The van der Waals surface area contributed by atoms with Crippen molar-refractivity contribution in [3.05, 3.63) is 30.0 Å². The monoisotopic (exact) mass is 433 g/mol. The number of carboxylic acid groups (broad SMARTS) is 1. The molecule has 0 saturated carbocycles. The highest BCUT2D eigenvalue weighted by molar-refractivity contribution is 5.80. The largest absolute Gasteiger partial charge is 0.477 e. The molecule has 2 atom stereocenters. The van der Waals surface area contributed by atoms with Crippen molar-refractivity contribution in [2.75, 3.05) is 32.8 Å². The molecule has 2 aliphatic rings. The molecule has 1 aromatic rings. The SMILES string of the molecule is O=C(NC[C@@H](O)CO)C1CC=C(c2ccc(OCC3CCN(C(=O)O)CC3)nc2)CC1. The van der Waals surface area contributed by atoms with Gasteiger partial charge in [-0.1, -0.05) is 6.08 Å². The number of amides is 2. The zero-order valence-corrected chi connectivity index (χ0v) is 17.6. The van der Waals surface area contributed by atoms with Crippen LogP contribution in [0.4, 0.5) is 4.79 Å². The molecular formula is C22H31N3O6. The summed E-state index contributed by atoms with van der Waals surface area (Å²) < 4.78 is 5.80. The van der Waals surface area contributed by atoms with Crippen molar-refractivity contribution < 1.29 is 29.6 Å². The molecule has 1 fully saturated rings. The number of hydrogen-bond donors (Lipinski definition) is 4. The van der Waals surface area contributed by atoms with E-state index < -0.39 is 12.2 Å². The van der Waals surface area contributed by atoms with Gasteiger partial charge < -0.3 is 30.3 Å². The Hall–Kier alpha value is -2.65. The van der Waals surface area contributed by atoms with E-state index in [1.165, 1.54) is 4.90 Å². The van der Waals surface area contributed by atoms with Crippen LogP contribution in [-0.2, 0) is 4.79 Å². The van der Waals surface area contributed by atoms with Gasteiger partial charge in [0.05, 0.1) is 19.3 Å². The predicted octanol–water partition coefficient (Wildman–Crippen LogP) is 1.50. The van der Waals surface area contributed by atoms with E-state index in [1.807, 2.05) is 12.1 Å². The summed E-state index contributed by atoms with van der Waals surface area (Å²) in [6.07, 6.45) is 5.77. The van der Waals surface area contributed by atoms with E-state index in [2.05, 4.69) is 16.4 Å². The van der Waals surface area contributed by atoms with E-state index >= 15 is 0 Å². The number of aromatic nitrogens is 1. The summed E-state index contributed by atoms with van der Waals surface area (Å²) >= 11 is 0. The molecule has 1 aliphatic heterocycles. The maximum absolute atomic E-state index is 12.2. The predicted molar refractivity (Wildman–Crippen MR) is 113 cm³/mol. The van der Waals surface area contributed by atoms with E-state index in [0.717, 1.165) is 36.8 Å². The number of piperidine rings is 1. The number of carbonyl (C=O) groups excluding carboxylic acids is 1. The maximum atomic E-state index is 12.2. The van der Waals surface area contributed by atoms with Crippen molar-refractivity contribution in [3.63, 3.8) is 0 Å². The second kappa shape index (κ2) is 11.1. The van der Waals surface area contributed by atoms with E-state index in [4.69, 9.17) is 14.9 Å². The number of nitrogens with one attached hydrogen (secondary N) is 1. The minimum atomic E-state index is -0.928. The lowest BCUT2D eigenvalue weighted by Gasteiger charge is -2.29. The summed E-state index contributed by atoms with van der Waals surface area (Å²) in [4.78, 5) is 29.0. The van der Waals surface area contributed by atoms with Crippen molar-refractivity contribution in [2.45, 2.75) is 38.2 Å². The Balaban J connectivity index is 1.43. The molecule has 1 aliphatic carbocycles. The molecule has 1 aromatic heterocycles. The van der Waals surface area contributed by atoms with Crippen LogP contribution < -0.4 is 10.1 Å². The molecule has 9 heteroatoms. The third-order valence-corrected chi connectivity index (χ3v) is 5.96. The number of likely N-dealkylation sites (tertiary alicyclic amines) is 1. The first-order chi connectivity index (χ1) is 15.0. The van der Waals surface area contributed by atoms with E-state index in [9.17, 15) is 14.7 Å². The van der Waals surface area contributed by atoms with Crippen LogP contribution in [0.5, 0.6) is 5.88 Å². The summed E-state index contributed by atoms with van der Waals surface area (Å²) in [5.41, 5.74) is 2.16. The summed E-state index contributed by atoms with van der Waals surface area (Å²) in [5, 5.41) is 29.8. The molecule has 0 spiro atoms. The third kappa shape index (κ3) is 6.67. The lowest BCUT2D eigenvalue weighted by atomic mass is 9.86. The van der Waals surface area contributed by atoms with Crippen molar-refractivity contribution in [1.29, 1.82) is 0 Å². The van der Waals surface area contributed by atoms with Gasteiger partial charge in [0.1, 0.15) is 0 Å². The van der Waals surface area contributed by atoms with Crippen molar-refractivity contribution in [1.82, 2.24) is 15.2 Å². The molecule has 9 nitrogen and oxygen atoms in total. The zero-order chi connectivity index (χ0) is 22.2. The highest BCUT2D eigenvalue weighted by atomic mass is 16.5. The first-order valence-corrected chi connectivity index (χ1v) is 10.8. The Labute approximate surface area is 181 Å². The van der Waals surface area contributed by atoms with Gasteiger partial charge in [-0.05, 0) is 55.2 Å². The minimum absolute atomic E-state index is 0.0620. The number of aliphatic hydroxyl groups is 2. The van der Waals surface area contributed by atoms with E-state index in [1.54, 1.807) is 6.20 Å². The lowest BCUT2D eigenvalue weighted by molar-refractivity contribution is -0.125. The minimum Gasteiger partial charge on any atom is -0.477 e. The molecule has 170 valence electrons. The smallest absolute Gasteiger partial charge is 0.407 e. The normalized spacial score (nSPS) is 20.6. The average molecular weight is 434 g/mol. The Bertz CT molecular complexity index is 774. The first kappa shape index (κ1) is 23.0. The summed E-state index contributed by atoms with van der Waals surface area (Å²) in [6.45, 7) is 1.32. The Morgan fingerprint density at radius 1 is 1.26 bits per heavy atom. The molecule has 1 unspecified atom stereocenters. The highest BCUT2D eigenvalue weighted by Gasteiger charge is 2.24. The molecule has 0 radical (unpaired) electrons. The van der Waals surface area contributed by atoms with Gasteiger partial charge in [-0.25, -0.2) is 9.78 Å². The number of ether oxygens (including phenoxy) is 1. The maximum Gasteiger partial charge on any atom is 0.407 e. The zero-order valence-electron chi connectivity index (χ0n) is 17.6. The van der Waals surface area contributed by atoms with Gasteiger partial charge >= 0.3 is 6.09 Å². The second-order valence-corrected chi connectivity index (χ2v) is 8.19. The lowest BCUT2D eigenvalue weighted by Crippen LogP contribution is -2.38. The van der Waals surface area contributed by atoms with Gasteiger partial charge in [-0.15, -0.1) is 0 Å². The fourth-order valence-corrected chi connectivity index (χ4v) is 3.91. The third-order valence-electron chi connectivity index (χ3n) is 5.96. The van der Waals surface area contributed by atoms with Crippen LogP contribution in [0.3, 0.4) is 0 Å². The number of carbonyl (C=O) groups is 2. The van der Waals surface area contributed by atoms with Gasteiger partial charge in [0.25, 0.3) is 0 Å². The molecule has 1 saturated heterocycles. The van der Waals surface area contributed by atoms with Crippen LogP contribution >= 0.6 is 0 Å². The molecule has 3 rings (SSSR count). The number of hydrogen-bond acceptors (Lipinski definition) is 6. The number of allylic oxidation sites excluding steroid dienone is 2. The number of pyridine rings is 1. The van der Waals surface area contributed by atoms with Gasteiger partial charge in [-0.2, -0.15) is 0 Å². The second-order valence-electron chi connectivity index (χ2n) is 8.19. The Morgan fingerprint density at radius 3 is 2.61 bits per heavy atom. The molecule has 4 N–H and O–H groups in total. The van der Waals surface area contributed by atoms with Crippen molar-refractivity contribution in [2.24, 2.45) is 11.8 Å². The molecule has 31 heavy (non-hydrogen) atoms. The summed E-state index contributed by atoms with van der Waals surface area (Å²) in [7, 11) is 0. The number of rotatable bonds is 8. The van der Waals surface area contributed by atoms with E-state index in [-0.39, 0.29) is 25.0 Å². The van der Waals surface area contributed by atoms with Crippen LogP contribution in [0.15, 0.2) is 24.4 Å². The van der Waals surface area contributed by atoms with Crippen molar-refractivity contribution >= 4 is 17.6 Å². The van der Waals surface area contributed by atoms with Crippen LogP contribution in [0.25, 0.3) is 5.57 Å². The van der Waals surface area contributed by atoms with Gasteiger partial charge in [-0.3, -0.25) is 4.79 Å². The van der Waals surface area contributed by atoms with Crippen molar-refractivity contribution in [3.8, 4) is 5.88 Å². The van der Waals surface area contributed by atoms with Gasteiger partial charge in [0.15, 0.2) is 0 Å². The fourth-order valence-electron chi connectivity index (χ4n) is 3.91. The van der Waals surface area contributed by atoms with Crippen LogP contribution in [-0.4, -0.2) is 76.2 Å². The van der Waals surface area contributed by atoms with Crippen LogP contribution in [0.2, 0.25) is 0 Å². The molecule has 2 amide bonds. The standard InChI is InChI=1S/C22H31N3O6/c26-13-19(27)12-24-21(28)17-3-1-16(2-4-17)18-5-6-20(23-11-18)31-14-15-7-9-25(10-8-15)22(29)30/h1,5-6,11,15,17,19,26-27H,2-4,7-10,12-14H2,(H,24,28)(H,29,30)/t17?,19-/m1/s1. The summed E-state index contributed by atoms with van der Waals surface area (Å²) in [6, 6.07) is 3.82. The number of nitrogens with zero attached hydrogens (tertiary/aromatic N) is 2. The van der Waals surface area contributed by atoms with E-state index in [0.29, 0.717) is 37.9 Å². The Morgan fingerprint density at radius 2 is 2.03 bits per heavy atom. The van der Waals surface area contributed by atoms with Gasteiger partial charge in [0, 0.05) is 37.8 Å². The molecular weight excluding hydrogens is 402 g/mol. The highest BCUT2D eigenvalue weighted by Crippen LogP contribution is 2.30. The quantitative estimate of drug-likeness (QED) is 0.488. The van der Waals surface area contributed by atoms with Gasteiger partial charge in [0.2, 0.25) is 11.8 Å². The molecule has 0 aromatic carbocycles. The average Bonchev–Trinajstić information content (AvgIpc) is 2.81. The molecule has 2 heterocycles. The Kier molecular flexibility index (Phi) is 8.25. The number of aliphatic hydroxyl groups excluding tert-OH is 2. The first-order valence-electron chi connectivity index (χ1n) is 10.8. The summed E-state index contributed by atoms with van der Waals surface area (Å²) in [5.74, 6) is 0.664. The van der Waals surface area contributed by atoms with Crippen LogP contribution in [0, 0.1) is 11.8 Å². The fraction of sp³-hybridized carbons (Fsp3) is 0.591. The van der Waals surface area contributed by atoms with Crippen LogP contribution in [0.1, 0.15) is 37.7 Å².